The molecule has 1 aliphatic heterocycles. The molecule has 0 amide bonds. The lowest BCUT2D eigenvalue weighted by molar-refractivity contribution is -0.140. The Hall–Kier alpha value is -1.93. The molecule has 3 atom stereocenters. The minimum atomic E-state index is -4.00. The number of carbonyl (C=O) groups is 1. The lowest BCUT2D eigenvalue weighted by atomic mass is 10.1. The number of rotatable bonds is 5. The van der Waals surface area contributed by atoms with Crippen LogP contribution in [0.1, 0.15) is 29.5 Å². The Bertz CT molecular complexity index is 1010. The largest absolute Gasteiger partial charge is 0.480 e. The molecule has 0 spiro atoms. The summed E-state index contributed by atoms with van der Waals surface area (Å²) >= 11 is 5.99. The molecule has 1 aliphatic carbocycles. The van der Waals surface area contributed by atoms with Gasteiger partial charge in [0.2, 0.25) is 0 Å². The van der Waals surface area contributed by atoms with E-state index in [4.69, 9.17) is 11.6 Å². The molecule has 0 unspecified atom stereocenters. The molecule has 0 bridgehead atoms. The molecular weight excluding hydrogens is 388 g/mol. The number of hydrogen-bond donors (Lipinski definition) is 2. The van der Waals surface area contributed by atoms with Crippen LogP contribution >= 0.6 is 11.6 Å². The molecule has 0 radical (unpaired) electrons. The number of nitrogens with zero attached hydrogens (tertiary/aromatic N) is 1. The van der Waals surface area contributed by atoms with Crippen LogP contribution in [0.2, 0.25) is 5.02 Å². The molecule has 1 fully saturated rings. The first-order valence-electron chi connectivity index (χ1n) is 8.60. The highest BCUT2D eigenvalue weighted by atomic mass is 35.5. The first-order valence-corrected chi connectivity index (χ1v) is 10.4. The SMILES string of the molecule is C[C@@H]1[C@H](c2ccccc2)[C@]1(NS(=O)(=O)N1Cc2ccc(Cl)cc2C1)C(=O)O. The number of carboxylic acids is 1. The van der Waals surface area contributed by atoms with Gasteiger partial charge in [-0.25, -0.2) is 0 Å². The van der Waals surface area contributed by atoms with Crippen molar-refractivity contribution in [3.63, 3.8) is 0 Å². The minimum Gasteiger partial charge on any atom is -0.480 e. The third-order valence-corrected chi connectivity index (χ3v) is 7.38. The summed E-state index contributed by atoms with van der Waals surface area (Å²) in [4.78, 5) is 12.1. The Balaban J connectivity index is 1.61. The van der Waals surface area contributed by atoms with E-state index in [-0.39, 0.29) is 19.0 Å². The van der Waals surface area contributed by atoms with Crippen LogP contribution in [-0.4, -0.2) is 29.3 Å². The number of aliphatic carboxylic acids is 1. The Morgan fingerprint density at radius 1 is 1.19 bits per heavy atom. The third kappa shape index (κ3) is 2.95. The van der Waals surface area contributed by atoms with Crippen molar-refractivity contribution in [2.45, 2.75) is 31.5 Å². The molecule has 142 valence electrons. The van der Waals surface area contributed by atoms with Gasteiger partial charge in [0.25, 0.3) is 10.2 Å². The smallest absolute Gasteiger partial charge is 0.325 e. The molecule has 0 aromatic heterocycles. The van der Waals surface area contributed by atoms with Crippen molar-refractivity contribution in [1.29, 1.82) is 0 Å². The predicted molar refractivity (Wildman–Crippen MR) is 101 cm³/mol. The quantitative estimate of drug-likeness (QED) is 0.799. The van der Waals surface area contributed by atoms with Crippen LogP contribution in [0.15, 0.2) is 48.5 Å². The molecule has 4 rings (SSSR count). The van der Waals surface area contributed by atoms with Gasteiger partial charge in [0.15, 0.2) is 0 Å². The van der Waals surface area contributed by atoms with Crippen molar-refractivity contribution in [2.24, 2.45) is 5.92 Å². The molecular formula is C19H19ClN2O4S. The fourth-order valence-electron chi connectivity index (χ4n) is 4.08. The maximum absolute atomic E-state index is 13.0. The lowest BCUT2D eigenvalue weighted by Crippen LogP contribution is -2.50. The van der Waals surface area contributed by atoms with Gasteiger partial charge in [-0.15, -0.1) is 0 Å². The molecule has 1 saturated carbocycles. The molecule has 2 aromatic rings. The monoisotopic (exact) mass is 406 g/mol. The van der Waals surface area contributed by atoms with Crippen LogP contribution in [0.25, 0.3) is 0 Å². The summed E-state index contributed by atoms with van der Waals surface area (Å²) in [5, 5.41) is 10.4. The molecule has 0 saturated heterocycles. The molecule has 2 N–H and O–H groups in total. The van der Waals surface area contributed by atoms with Gasteiger partial charge in [0.1, 0.15) is 5.54 Å². The second-order valence-corrected chi connectivity index (χ2v) is 9.25. The van der Waals surface area contributed by atoms with E-state index in [2.05, 4.69) is 4.72 Å². The van der Waals surface area contributed by atoms with E-state index in [1.165, 1.54) is 4.31 Å². The Morgan fingerprint density at radius 3 is 2.52 bits per heavy atom. The summed E-state index contributed by atoms with van der Waals surface area (Å²) in [7, 11) is -4.00. The summed E-state index contributed by atoms with van der Waals surface area (Å²) < 4.78 is 29.7. The summed E-state index contributed by atoms with van der Waals surface area (Å²) in [6.07, 6.45) is 0. The van der Waals surface area contributed by atoms with E-state index in [1.807, 2.05) is 30.3 Å². The number of benzene rings is 2. The van der Waals surface area contributed by atoms with E-state index in [0.29, 0.717) is 5.02 Å². The fraction of sp³-hybridized carbons (Fsp3) is 0.316. The molecule has 2 aliphatic rings. The van der Waals surface area contributed by atoms with Crippen molar-refractivity contribution in [2.75, 3.05) is 0 Å². The summed E-state index contributed by atoms with van der Waals surface area (Å²) in [5.41, 5.74) is 0.983. The van der Waals surface area contributed by atoms with Gasteiger partial charge in [-0.2, -0.15) is 17.4 Å². The zero-order valence-electron chi connectivity index (χ0n) is 14.6. The standard InChI is InChI=1S/C19H19ClN2O4S/c1-12-17(13-5-3-2-4-6-13)19(12,18(23)24)21-27(25,26)22-10-14-7-8-16(20)9-15(14)11-22/h2-9,12,17,21H,10-11H2,1H3,(H,23,24)/t12-,17-,19+/m1/s1. The summed E-state index contributed by atoms with van der Waals surface area (Å²) in [6.45, 7) is 2.13. The summed E-state index contributed by atoms with van der Waals surface area (Å²) in [5.74, 6) is -1.93. The van der Waals surface area contributed by atoms with E-state index >= 15 is 0 Å². The topological polar surface area (TPSA) is 86.7 Å². The second-order valence-electron chi connectivity index (χ2n) is 7.14. The Kier molecular flexibility index (Phi) is 4.31. The fourth-order valence-corrected chi connectivity index (χ4v) is 5.85. The van der Waals surface area contributed by atoms with Crippen LogP contribution in [0.4, 0.5) is 0 Å². The van der Waals surface area contributed by atoms with Gasteiger partial charge in [-0.05, 0) is 34.7 Å². The number of hydrogen-bond acceptors (Lipinski definition) is 3. The average molecular weight is 407 g/mol. The number of carboxylic acid groups (broad SMARTS) is 1. The first-order chi connectivity index (χ1) is 12.8. The van der Waals surface area contributed by atoms with E-state index in [1.54, 1.807) is 25.1 Å². The van der Waals surface area contributed by atoms with Gasteiger partial charge in [-0.1, -0.05) is 54.9 Å². The Labute approximate surface area is 162 Å². The number of halogens is 1. The van der Waals surface area contributed by atoms with E-state index in [0.717, 1.165) is 16.7 Å². The highest BCUT2D eigenvalue weighted by molar-refractivity contribution is 7.87. The second kappa shape index (κ2) is 6.31. The van der Waals surface area contributed by atoms with E-state index < -0.39 is 27.6 Å². The summed E-state index contributed by atoms with van der Waals surface area (Å²) in [6, 6.07) is 14.4. The zero-order chi connectivity index (χ0) is 19.4. The van der Waals surface area contributed by atoms with Gasteiger partial charge < -0.3 is 5.11 Å². The molecule has 8 heteroatoms. The van der Waals surface area contributed by atoms with Crippen molar-refractivity contribution < 1.29 is 18.3 Å². The zero-order valence-corrected chi connectivity index (χ0v) is 16.2. The van der Waals surface area contributed by atoms with Crippen LogP contribution in [0, 0.1) is 5.92 Å². The van der Waals surface area contributed by atoms with Crippen molar-refractivity contribution in [3.05, 3.63) is 70.2 Å². The minimum absolute atomic E-state index is 0.172. The molecule has 6 nitrogen and oxygen atoms in total. The van der Waals surface area contributed by atoms with E-state index in [9.17, 15) is 18.3 Å². The van der Waals surface area contributed by atoms with Crippen LogP contribution < -0.4 is 4.72 Å². The highest BCUT2D eigenvalue weighted by Gasteiger charge is 2.70. The van der Waals surface area contributed by atoms with Gasteiger partial charge in [0.05, 0.1) is 0 Å². The third-order valence-electron chi connectivity index (χ3n) is 5.61. The van der Waals surface area contributed by atoms with Crippen LogP contribution in [-0.2, 0) is 28.1 Å². The van der Waals surface area contributed by atoms with Crippen molar-refractivity contribution >= 4 is 27.8 Å². The average Bonchev–Trinajstić information content (AvgIpc) is 3.00. The van der Waals surface area contributed by atoms with Crippen LogP contribution in [0.3, 0.4) is 0 Å². The van der Waals surface area contributed by atoms with Gasteiger partial charge in [-0.3, -0.25) is 4.79 Å². The van der Waals surface area contributed by atoms with Crippen molar-refractivity contribution in [3.8, 4) is 0 Å². The highest BCUT2D eigenvalue weighted by Crippen LogP contribution is 2.58. The number of nitrogens with one attached hydrogen (secondary N) is 1. The predicted octanol–water partition coefficient (Wildman–Crippen LogP) is 2.75. The number of fused-ring (bicyclic) bond motifs is 1. The van der Waals surface area contributed by atoms with Crippen LogP contribution in [0.5, 0.6) is 0 Å². The lowest BCUT2D eigenvalue weighted by Gasteiger charge is -2.21. The molecule has 27 heavy (non-hydrogen) atoms. The first kappa shape index (κ1) is 18.4. The normalized spacial score (nSPS) is 27.3. The van der Waals surface area contributed by atoms with Gasteiger partial charge >= 0.3 is 5.97 Å². The Morgan fingerprint density at radius 2 is 1.85 bits per heavy atom. The van der Waals surface area contributed by atoms with Gasteiger partial charge in [0, 0.05) is 24.0 Å². The molecule has 1 heterocycles. The maximum atomic E-state index is 13.0. The molecule has 2 aromatic carbocycles. The van der Waals surface area contributed by atoms with Crippen molar-refractivity contribution in [1.82, 2.24) is 9.03 Å². The maximum Gasteiger partial charge on any atom is 0.325 e.